The van der Waals surface area contributed by atoms with Crippen LogP contribution in [-0.4, -0.2) is 22.5 Å². The number of carbonyl (C=O) groups is 1. The highest BCUT2D eigenvalue weighted by Crippen LogP contribution is 2.26. The molecule has 0 saturated heterocycles. The number of pyridine rings is 1. The molecule has 1 aromatic heterocycles. The van der Waals surface area contributed by atoms with Crippen LogP contribution in [0.4, 0.5) is 5.69 Å². The van der Waals surface area contributed by atoms with Crippen molar-refractivity contribution >= 4 is 23.3 Å². The minimum Gasteiger partial charge on any atom is -0.462 e. The highest BCUT2D eigenvalue weighted by Gasteiger charge is 2.24. The Balaban J connectivity index is 2.08. The van der Waals surface area contributed by atoms with Crippen LogP contribution in [0.25, 0.3) is 0 Å². The summed E-state index contributed by atoms with van der Waals surface area (Å²) in [7, 11) is 0. The molecule has 0 bridgehead atoms. The summed E-state index contributed by atoms with van der Waals surface area (Å²) in [6, 6.07) is 1.16. The monoisotopic (exact) mass is 284 g/mol. The molecule has 0 aromatic carbocycles. The number of nitro groups is 1. The molecule has 0 radical (unpaired) electrons. The van der Waals surface area contributed by atoms with E-state index in [1.165, 1.54) is 0 Å². The summed E-state index contributed by atoms with van der Waals surface area (Å²) < 4.78 is 5.13. The highest BCUT2D eigenvalue weighted by atomic mass is 35.5. The van der Waals surface area contributed by atoms with E-state index in [2.05, 4.69) is 4.98 Å². The largest absolute Gasteiger partial charge is 0.462 e. The number of nitrogens with zero attached hydrogens (tertiary/aromatic N) is 2. The van der Waals surface area contributed by atoms with Gasteiger partial charge < -0.3 is 4.74 Å². The van der Waals surface area contributed by atoms with Crippen molar-refractivity contribution in [2.24, 2.45) is 5.92 Å². The minimum absolute atomic E-state index is 0.0263. The average Bonchev–Trinajstić information content (AvgIpc) is 2.88. The van der Waals surface area contributed by atoms with Crippen LogP contribution < -0.4 is 0 Å². The van der Waals surface area contributed by atoms with Crippen molar-refractivity contribution < 1.29 is 14.5 Å². The normalized spacial score (nSPS) is 15.4. The van der Waals surface area contributed by atoms with E-state index in [9.17, 15) is 14.9 Å². The Morgan fingerprint density at radius 2 is 2.21 bits per heavy atom. The zero-order valence-corrected chi connectivity index (χ0v) is 10.9. The Labute approximate surface area is 114 Å². The number of hydrogen-bond acceptors (Lipinski definition) is 5. The molecule has 0 N–H and O–H groups in total. The van der Waals surface area contributed by atoms with Gasteiger partial charge in [0, 0.05) is 0 Å². The molecular weight excluding hydrogens is 272 g/mol. The molecule has 7 heteroatoms. The van der Waals surface area contributed by atoms with E-state index in [4.69, 9.17) is 16.3 Å². The second-order valence-electron chi connectivity index (χ2n) is 4.53. The Kier molecular flexibility index (Phi) is 4.31. The Bertz CT molecular complexity index is 501. The lowest BCUT2D eigenvalue weighted by molar-refractivity contribution is -0.385. The molecule has 1 aliphatic carbocycles. The summed E-state index contributed by atoms with van der Waals surface area (Å²) in [5.41, 5.74) is -0.538. The standard InChI is InChI=1S/C12H13ClN2O4/c13-11-5-9(10(6-14-11)15(17)18)12(16)19-7-8-3-1-2-4-8/h5-6,8H,1-4,7H2. The Morgan fingerprint density at radius 1 is 1.53 bits per heavy atom. The van der Waals surface area contributed by atoms with Gasteiger partial charge in [0.15, 0.2) is 0 Å². The van der Waals surface area contributed by atoms with Crippen LogP contribution in [0.2, 0.25) is 5.15 Å². The van der Waals surface area contributed by atoms with Crippen molar-refractivity contribution in [3.63, 3.8) is 0 Å². The zero-order chi connectivity index (χ0) is 13.8. The van der Waals surface area contributed by atoms with E-state index in [1.54, 1.807) is 0 Å². The fourth-order valence-electron chi connectivity index (χ4n) is 2.18. The topological polar surface area (TPSA) is 82.3 Å². The van der Waals surface area contributed by atoms with Gasteiger partial charge >= 0.3 is 11.7 Å². The molecule has 19 heavy (non-hydrogen) atoms. The Morgan fingerprint density at radius 3 is 2.84 bits per heavy atom. The molecule has 1 aliphatic rings. The summed E-state index contributed by atoms with van der Waals surface area (Å²) in [4.78, 5) is 25.6. The first kappa shape index (κ1) is 13.7. The molecule has 1 saturated carbocycles. The maximum atomic E-state index is 11.9. The quantitative estimate of drug-likeness (QED) is 0.367. The maximum Gasteiger partial charge on any atom is 0.345 e. The lowest BCUT2D eigenvalue weighted by Gasteiger charge is -2.10. The molecule has 0 spiro atoms. The Hall–Kier alpha value is -1.69. The molecule has 1 heterocycles. The van der Waals surface area contributed by atoms with Crippen LogP contribution in [0, 0.1) is 16.0 Å². The van der Waals surface area contributed by atoms with Crippen LogP contribution in [0.15, 0.2) is 12.3 Å². The summed E-state index contributed by atoms with van der Waals surface area (Å²) in [6.07, 6.45) is 5.32. The predicted octanol–water partition coefficient (Wildman–Crippen LogP) is 2.99. The highest BCUT2D eigenvalue weighted by molar-refractivity contribution is 6.29. The number of hydrogen-bond donors (Lipinski definition) is 0. The molecule has 0 amide bonds. The summed E-state index contributed by atoms with van der Waals surface area (Å²) in [5, 5.41) is 10.8. The molecular formula is C12H13ClN2O4. The number of esters is 1. The van der Waals surface area contributed by atoms with Gasteiger partial charge in [-0.25, -0.2) is 9.78 Å². The van der Waals surface area contributed by atoms with Gasteiger partial charge in [-0.15, -0.1) is 0 Å². The van der Waals surface area contributed by atoms with Crippen molar-refractivity contribution in [2.45, 2.75) is 25.7 Å². The third kappa shape index (κ3) is 3.41. The number of halogens is 1. The molecule has 6 nitrogen and oxygen atoms in total. The summed E-state index contributed by atoms with van der Waals surface area (Å²) in [5.74, 6) is -0.358. The van der Waals surface area contributed by atoms with Gasteiger partial charge in [0.05, 0.1) is 11.5 Å². The van der Waals surface area contributed by atoms with E-state index < -0.39 is 10.9 Å². The molecule has 0 atom stereocenters. The smallest absolute Gasteiger partial charge is 0.345 e. The number of carbonyl (C=O) groups excluding carboxylic acids is 1. The second kappa shape index (κ2) is 5.97. The van der Waals surface area contributed by atoms with Gasteiger partial charge in [-0.3, -0.25) is 10.1 Å². The first-order valence-corrected chi connectivity index (χ1v) is 6.43. The molecule has 1 fully saturated rings. The molecule has 0 aliphatic heterocycles. The lowest BCUT2D eigenvalue weighted by Crippen LogP contribution is -2.13. The number of ether oxygens (including phenoxy) is 1. The molecule has 2 rings (SSSR count). The fraction of sp³-hybridized carbons (Fsp3) is 0.500. The maximum absolute atomic E-state index is 11.9. The van der Waals surface area contributed by atoms with E-state index >= 15 is 0 Å². The van der Waals surface area contributed by atoms with Crippen molar-refractivity contribution in [3.05, 3.63) is 33.1 Å². The van der Waals surface area contributed by atoms with Crippen molar-refractivity contribution in [3.8, 4) is 0 Å². The van der Waals surface area contributed by atoms with Crippen LogP contribution in [0.3, 0.4) is 0 Å². The molecule has 0 unspecified atom stereocenters. The average molecular weight is 285 g/mol. The van der Waals surface area contributed by atoms with Gasteiger partial charge in [0.25, 0.3) is 0 Å². The van der Waals surface area contributed by atoms with Crippen molar-refractivity contribution in [1.29, 1.82) is 0 Å². The molecule has 1 aromatic rings. The van der Waals surface area contributed by atoms with Gasteiger partial charge in [-0.05, 0) is 24.8 Å². The van der Waals surface area contributed by atoms with Crippen LogP contribution in [-0.2, 0) is 4.74 Å². The van der Waals surface area contributed by atoms with Crippen LogP contribution in [0.5, 0.6) is 0 Å². The second-order valence-corrected chi connectivity index (χ2v) is 4.92. The van der Waals surface area contributed by atoms with Gasteiger partial charge in [-0.2, -0.15) is 0 Å². The summed E-state index contributed by atoms with van der Waals surface area (Å²) >= 11 is 5.65. The van der Waals surface area contributed by atoms with Crippen LogP contribution in [0.1, 0.15) is 36.0 Å². The van der Waals surface area contributed by atoms with Crippen LogP contribution >= 0.6 is 11.6 Å². The van der Waals surface area contributed by atoms with Crippen molar-refractivity contribution in [2.75, 3.05) is 6.61 Å². The zero-order valence-electron chi connectivity index (χ0n) is 10.2. The third-order valence-corrected chi connectivity index (χ3v) is 3.40. The first-order chi connectivity index (χ1) is 9.08. The van der Waals surface area contributed by atoms with Gasteiger partial charge in [0.1, 0.15) is 16.9 Å². The van der Waals surface area contributed by atoms with Gasteiger partial charge in [-0.1, -0.05) is 24.4 Å². The van der Waals surface area contributed by atoms with E-state index in [-0.39, 0.29) is 16.4 Å². The minimum atomic E-state index is -0.720. The van der Waals surface area contributed by atoms with Crippen molar-refractivity contribution in [1.82, 2.24) is 4.98 Å². The number of rotatable bonds is 4. The summed E-state index contributed by atoms with van der Waals surface area (Å²) in [6.45, 7) is 0.302. The lowest BCUT2D eigenvalue weighted by atomic mass is 10.1. The SMILES string of the molecule is O=C(OCC1CCCC1)c1cc(Cl)ncc1[N+](=O)[O-]. The molecule has 102 valence electrons. The number of aromatic nitrogens is 1. The van der Waals surface area contributed by atoms with E-state index in [0.717, 1.165) is 37.9 Å². The van der Waals surface area contributed by atoms with E-state index in [0.29, 0.717) is 12.5 Å². The van der Waals surface area contributed by atoms with E-state index in [1.807, 2.05) is 0 Å². The third-order valence-electron chi connectivity index (χ3n) is 3.19. The first-order valence-electron chi connectivity index (χ1n) is 6.05. The predicted molar refractivity (Wildman–Crippen MR) is 68.1 cm³/mol. The fourth-order valence-corrected chi connectivity index (χ4v) is 2.34. The van der Waals surface area contributed by atoms with Gasteiger partial charge in [0.2, 0.25) is 0 Å².